The summed E-state index contributed by atoms with van der Waals surface area (Å²) in [6, 6.07) is 3.65. The van der Waals surface area contributed by atoms with Crippen molar-refractivity contribution >= 4 is 0 Å². The highest BCUT2D eigenvalue weighted by Gasteiger charge is 2.49. The van der Waals surface area contributed by atoms with Crippen molar-refractivity contribution in [1.82, 2.24) is 15.1 Å². The van der Waals surface area contributed by atoms with Crippen LogP contribution in [0.1, 0.15) is 45.8 Å². The Balaban J connectivity index is 2.43. The molecule has 1 aromatic heterocycles. The fourth-order valence-electron chi connectivity index (χ4n) is 2.80. The zero-order chi connectivity index (χ0) is 13.6. The van der Waals surface area contributed by atoms with Crippen LogP contribution < -0.4 is 0 Å². The molecule has 0 unspecified atom stereocenters. The van der Waals surface area contributed by atoms with E-state index in [1.807, 2.05) is 33.8 Å². The van der Waals surface area contributed by atoms with Gasteiger partial charge in [-0.2, -0.15) is 10.1 Å². The molecule has 1 saturated heterocycles. The largest absolute Gasteiger partial charge is 0.312 e. The summed E-state index contributed by atoms with van der Waals surface area (Å²) in [7, 11) is 0. The third kappa shape index (κ3) is 2.14. The Hall–Kier alpha value is -1.01. The molecule has 1 aromatic rings. The summed E-state index contributed by atoms with van der Waals surface area (Å²) in [6.07, 6.45) is 3.39. The maximum atomic E-state index is 10.4. The zero-order valence-electron chi connectivity index (χ0n) is 11.3. The average Bonchev–Trinajstić information content (AvgIpc) is 2.27. The molecule has 0 saturated carbocycles. The summed E-state index contributed by atoms with van der Waals surface area (Å²) in [4.78, 5) is 4.05. The summed E-state index contributed by atoms with van der Waals surface area (Å²) in [6.45, 7) is 7.85. The number of hydrogen-bond acceptors (Lipinski definition) is 5. The number of aromatic nitrogens is 1. The van der Waals surface area contributed by atoms with Crippen LogP contribution >= 0.6 is 0 Å². The lowest BCUT2D eigenvalue weighted by Crippen LogP contribution is -2.63. The number of hydroxylamine groups is 4. The van der Waals surface area contributed by atoms with E-state index in [1.54, 1.807) is 18.5 Å². The van der Waals surface area contributed by atoms with Crippen molar-refractivity contribution < 1.29 is 10.4 Å². The van der Waals surface area contributed by atoms with Crippen molar-refractivity contribution in [3.05, 3.63) is 30.1 Å². The topological polar surface area (TPSA) is 59.8 Å². The van der Waals surface area contributed by atoms with E-state index in [0.29, 0.717) is 6.42 Å². The molecule has 0 atom stereocenters. The van der Waals surface area contributed by atoms with Gasteiger partial charge in [-0.3, -0.25) is 4.98 Å². The predicted molar refractivity (Wildman–Crippen MR) is 67.0 cm³/mol. The third-order valence-electron chi connectivity index (χ3n) is 3.55. The van der Waals surface area contributed by atoms with Gasteiger partial charge >= 0.3 is 0 Å². The molecule has 5 heteroatoms. The Morgan fingerprint density at radius 3 is 2.17 bits per heavy atom. The van der Waals surface area contributed by atoms with Gasteiger partial charge in [-0.25, -0.2) is 0 Å². The summed E-state index contributed by atoms with van der Waals surface area (Å²) in [5.41, 5.74) is -0.0599. The van der Waals surface area contributed by atoms with E-state index in [4.69, 9.17) is 0 Å². The second kappa shape index (κ2) is 4.28. The van der Waals surface area contributed by atoms with Crippen LogP contribution in [0.15, 0.2) is 24.5 Å². The second-order valence-electron chi connectivity index (χ2n) is 6.15. The third-order valence-corrected chi connectivity index (χ3v) is 3.55. The molecular weight excluding hydrogens is 230 g/mol. The minimum absolute atomic E-state index is 0.413. The van der Waals surface area contributed by atoms with Gasteiger partial charge in [-0.05, 0) is 40.2 Å². The Morgan fingerprint density at radius 1 is 1.17 bits per heavy atom. The smallest absolute Gasteiger partial charge is 0.138 e. The molecule has 18 heavy (non-hydrogen) atoms. The predicted octanol–water partition coefficient (Wildman–Crippen LogP) is 2.42. The molecule has 2 heterocycles. The van der Waals surface area contributed by atoms with Gasteiger partial charge in [0.05, 0.1) is 0 Å². The van der Waals surface area contributed by atoms with Gasteiger partial charge in [-0.1, -0.05) is 6.07 Å². The van der Waals surface area contributed by atoms with Crippen molar-refractivity contribution in [3.8, 4) is 0 Å². The highest BCUT2D eigenvalue weighted by molar-refractivity contribution is 5.16. The molecule has 2 rings (SSSR count). The minimum Gasteiger partial charge on any atom is -0.312 e. The van der Waals surface area contributed by atoms with Crippen molar-refractivity contribution in [2.24, 2.45) is 0 Å². The fourth-order valence-corrected chi connectivity index (χ4v) is 2.80. The van der Waals surface area contributed by atoms with E-state index < -0.39 is 17.2 Å². The van der Waals surface area contributed by atoms with Gasteiger partial charge in [-0.15, -0.1) is 0 Å². The molecule has 1 aliphatic heterocycles. The van der Waals surface area contributed by atoms with Crippen LogP contribution in [-0.2, 0) is 0 Å². The van der Waals surface area contributed by atoms with Gasteiger partial charge in [0.1, 0.15) is 6.17 Å². The van der Waals surface area contributed by atoms with Crippen molar-refractivity contribution in [2.75, 3.05) is 0 Å². The van der Waals surface area contributed by atoms with Crippen molar-refractivity contribution in [2.45, 2.75) is 51.4 Å². The van der Waals surface area contributed by atoms with Crippen molar-refractivity contribution in [3.63, 3.8) is 0 Å². The van der Waals surface area contributed by atoms with E-state index in [9.17, 15) is 10.4 Å². The molecule has 0 amide bonds. The molecule has 0 aliphatic carbocycles. The molecule has 100 valence electrons. The molecular formula is C13H21N3O2. The first kappa shape index (κ1) is 13.4. The van der Waals surface area contributed by atoms with Crippen LogP contribution in [0, 0.1) is 0 Å². The second-order valence-corrected chi connectivity index (χ2v) is 6.15. The first-order valence-corrected chi connectivity index (χ1v) is 6.12. The van der Waals surface area contributed by atoms with Crippen LogP contribution in [0.5, 0.6) is 0 Å². The lowest BCUT2D eigenvalue weighted by molar-refractivity contribution is -0.355. The zero-order valence-corrected chi connectivity index (χ0v) is 11.3. The average molecular weight is 251 g/mol. The minimum atomic E-state index is -0.600. The van der Waals surface area contributed by atoms with E-state index in [0.717, 1.165) is 5.56 Å². The lowest BCUT2D eigenvalue weighted by Gasteiger charge is -2.54. The van der Waals surface area contributed by atoms with E-state index >= 15 is 0 Å². The molecule has 0 radical (unpaired) electrons. The fraction of sp³-hybridized carbons (Fsp3) is 0.615. The highest BCUT2D eigenvalue weighted by atomic mass is 16.6. The first-order valence-electron chi connectivity index (χ1n) is 6.12. The first-order chi connectivity index (χ1) is 8.26. The summed E-state index contributed by atoms with van der Waals surface area (Å²) >= 11 is 0. The molecule has 5 nitrogen and oxygen atoms in total. The van der Waals surface area contributed by atoms with Gasteiger partial charge in [0.15, 0.2) is 0 Å². The maximum Gasteiger partial charge on any atom is 0.138 e. The van der Waals surface area contributed by atoms with E-state index in [1.165, 1.54) is 10.1 Å². The van der Waals surface area contributed by atoms with Crippen LogP contribution in [0.2, 0.25) is 0 Å². The monoisotopic (exact) mass is 251 g/mol. The Bertz CT molecular complexity index is 400. The molecule has 1 aliphatic rings. The molecule has 2 N–H and O–H groups in total. The van der Waals surface area contributed by atoms with Crippen LogP contribution in [-0.4, -0.2) is 36.6 Å². The number of nitrogens with zero attached hydrogens (tertiary/aromatic N) is 3. The van der Waals surface area contributed by atoms with Crippen LogP contribution in [0.25, 0.3) is 0 Å². The van der Waals surface area contributed by atoms with Gasteiger partial charge in [0, 0.05) is 29.0 Å². The quantitative estimate of drug-likeness (QED) is 0.802. The summed E-state index contributed by atoms with van der Waals surface area (Å²) in [5, 5.41) is 23.1. The molecule has 0 spiro atoms. The Kier molecular flexibility index (Phi) is 3.19. The highest BCUT2D eigenvalue weighted by Crippen LogP contribution is 2.43. The maximum absolute atomic E-state index is 10.4. The Labute approximate surface area is 108 Å². The van der Waals surface area contributed by atoms with E-state index in [2.05, 4.69) is 4.98 Å². The molecule has 1 fully saturated rings. The van der Waals surface area contributed by atoms with Crippen LogP contribution in [0.4, 0.5) is 0 Å². The van der Waals surface area contributed by atoms with Gasteiger partial charge < -0.3 is 10.4 Å². The summed E-state index contributed by atoms with van der Waals surface area (Å²) in [5.74, 6) is 0. The van der Waals surface area contributed by atoms with Gasteiger partial charge in [0.25, 0.3) is 0 Å². The lowest BCUT2D eigenvalue weighted by atomic mass is 9.82. The van der Waals surface area contributed by atoms with E-state index in [-0.39, 0.29) is 0 Å². The number of pyridine rings is 1. The molecule has 0 bridgehead atoms. The molecule has 0 aromatic carbocycles. The standard InChI is InChI=1S/C13H21N3O2/c1-12(2)9-13(3,4)16(18)11(15(12)17)10-6-5-7-14-8-10/h5-8,11,17-18H,9H2,1-4H3. The number of hydrogen-bond donors (Lipinski definition) is 2. The summed E-state index contributed by atoms with van der Waals surface area (Å²) < 4.78 is 0. The van der Waals surface area contributed by atoms with Crippen molar-refractivity contribution in [1.29, 1.82) is 0 Å². The Morgan fingerprint density at radius 2 is 1.72 bits per heavy atom. The van der Waals surface area contributed by atoms with Crippen LogP contribution in [0.3, 0.4) is 0 Å². The van der Waals surface area contributed by atoms with Gasteiger partial charge in [0.2, 0.25) is 0 Å². The SMILES string of the molecule is CC1(C)CC(C)(C)N(O)C(c2cccnc2)N1O. The normalized spacial score (nSPS) is 25.2. The number of rotatable bonds is 1.